The minimum atomic E-state index is -0.121. The molecule has 23 heavy (non-hydrogen) atoms. The highest BCUT2D eigenvalue weighted by atomic mass is 35.5. The molecule has 0 atom stereocenters. The smallest absolute Gasteiger partial charge is 0.276 e. The molecular weight excluding hydrogens is 333 g/mol. The van der Waals surface area contributed by atoms with E-state index in [1.807, 2.05) is 30.3 Å². The molecule has 0 bridgehead atoms. The number of H-pyrrole nitrogens is 1. The minimum absolute atomic E-state index is 0.121. The maximum atomic E-state index is 12.6. The normalized spacial score (nSPS) is 11.4. The van der Waals surface area contributed by atoms with Gasteiger partial charge >= 0.3 is 0 Å². The monoisotopic (exact) mass is 343 g/mol. The van der Waals surface area contributed by atoms with Gasteiger partial charge in [0, 0.05) is 16.6 Å². The van der Waals surface area contributed by atoms with Crippen LogP contribution in [0.1, 0.15) is 5.56 Å². The van der Waals surface area contributed by atoms with E-state index in [0.717, 1.165) is 5.56 Å². The molecule has 4 nitrogen and oxygen atoms in total. The summed E-state index contributed by atoms with van der Waals surface area (Å²) in [6.45, 7) is 0.459. The third-order valence-corrected chi connectivity index (χ3v) is 4.31. The van der Waals surface area contributed by atoms with Crippen LogP contribution in [0.15, 0.2) is 53.5 Å². The fourth-order valence-corrected chi connectivity index (χ4v) is 3.31. The number of halogens is 2. The zero-order valence-electron chi connectivity index (χ0n) is 11.9. The highest BCUT2D eigenvalue weighted by Gasteiger charge is 2.14. The molecule has 0 aliphatic heterocycles. The fraction of sp³-hybridized carbons (Fsp3) is 0.0588. The molecule has 0 aliphatic carbocycles. The SMILES string of the molecule is O=c1c2cnc3cc(Cl)cc(Cl)c3c2[nH]n1Cc1ccccc1. The van der Waals surface area contributed by atoms with E-state index in [1.165, 1.54) is 0 Å². The summed E-state index contributed by atoms with van der Waals surface area (Å²) in [6.07, 6.45) is 1.56. The third kappa shape index (κ3) is 2.40. The maximum Gasteiger partial charge on any atom is 0.276 e. The van der Waals surface area contributed by atoms with Crippen molar-refractivity contribution in [3.8, 4) is 0 Å². The summed E-state index contributed by atoms with van der Waals surface area (Å²) in [6, 6.07) is 13.2. The first kappa shape index (κ1) is 14.3. The number of fused-ring (bicyclic) bond motifs is 3. The van der Waals surface area contributed by atoms with Crippen molar-refractivity contribution in [3.05, 3.63) is 74.6 Å². The molecule has 2 heterocycles. The summed E-state index contributed by atoms with van der Waals surface area (Å²) in [5.74, 6) is 0. The van der Waals surface area contributed by atoms with Crippen LogP contribution < -0.4 is 5.56 Å². The molecule has 0 amide bonds. The number of nitrogens with one attached hydrogen (secondary N) is 1. The lowest BCUT2D eigenvalue weighted by atomic mass is 10.2. The predicted molar refractivity (Wildman–Crippen MR) is 93.4 cm³/mol. The number of hydrogen-bond donors (Lipinski definition) is 1. The zero-order valence-corrected chi connectivity index (χ0v) is 13.4. The van der Waals surface area contributed by atoms with Crippen LogP contribution in [0.2, 0.25) is 10.0 Å². The molecule has 0 unspecified atom stereocenters. The molecule has 1 N–H and O–H groups in total. The van der Waals surface area contributed by atoms with E-state index in [0.29, 0.717) is 38.4 Å². The van der Waals surface area contributed by atoms with Crippen LogP contribution in [-0.2, 0) is 6.54 Å². The Balaban J connectivity index is 1.97. The third-order valence-electron chi connectivity index (χ3n) is 3.79. The summed E-state index contributed by atoms with van der Waals surface area (Å²) >= 11 is 12.3. The first-order valence-corrected chi connectivity index (χ1v) is 7.79. The lowest BCUT2D eigenvalue weighted by Crippen LogP contribution is -2.17. The van der Waals surface area contributed by atoms with E-state index in [-0.39, 0.29) is 5.56 Å². The van der Waals surface area contributed by atoms with Crippen LogP contribution in [-0.4, -0.2) is 14.8 Å². The molecule has 114 valence electrons. The van der Waals surface area contributed by atoms with Gasteiger partial charge in [-0.25, -0.2) is 4.68 Å². The van der Waals surface area contributed by atoms with E-state index in [2.05, 4.69) is 10.1 Å². The highest BCUT2D eigenvalue weighted by molar-refractivity contribution is 6.40. The number of aromatic amines is 1. The van der Waals surface area contributed by atoms with Crippen molar-refractivity contribution in [1.29, 1.82) is 0 Å². The molecule has 4 aromatic rings. The van der Waals surface area contributed by atoms with Gasteiger partial charge in [0.1, 0.15) is 0 Å². The number of benzene rings is 2. The second kappa shape index (κ2) is 5.41. The summed E-state index contributed by atoms with van der Waals surface area (Å²) in [5.41, 5.74) is 2.25. The second-order valence-corrected chi connectivity index (χ2v) is 6.16. The number of rotatable bonds is 2. The fourth-order valence-electron chi connectivity index (χ4n) is 2.73. The Morgan fingerprint density at radius 1 is 1.13 bits per heavy atom. The first-order valence-electron chi connectivity index (χ1n) is 7.03. The van der Waals surface area contributed by atoms with Gasteiger partial charge in [0.2, 0.25) is 0 Å². The van der Waals surface area contributed by atoms with Crippen molar-refractivity contribution in [2.75, 3.05) is 0 Å². The Kier molecular flexibility index (Phi) is 3.36. The number of hydrogen-bond acceptors (Lipinski definition) is 2. The Bertz CT molecular complexity index is 1080. The molecule has 0 spiro atoms. The van der Waals surface area contributed by atoms with Crippen LogP contribution in [0, 0.1) is 0 Å². The number of aromatic nitrogens is 3. The Hall–Kier alpha value is -2.30. The van der Waals surface area contributed by atoms with E-state index < -0.39 is 0 Å². The van der Waals surface area contributed by atoms with Gasteiger partial charge in [-0.1, -0.05) is 53.5 Å². The lowest BCUT2D eigenvalue weighted by molar-refractivity contribution is 0.673. The van der Waals surface area contributed by atoms with Gasteiger partial charge in [-0.3, -0.25) is 14.9 Å². The van der Waals surface area contributed by atoms with Crippen molar-refractivity contribution < 1.29 is 0 Å². The highest BCUT2D eigenvalue weighted by Crippen LogP contribution is 2.30. The van der Waals surface area contributed by atoms with Gasteiger partial charge in [-0.15, -0.1) is 0 Å². The standard InChI is InChI=1S/C17H11Cl2N3O/c18-11-6-13(19)15-14(7-11)20-8-12-16(15)21-22(17(12)23)9-10-4-2-1-3-5-10/h1-8,21H,9H2. The van der Waals surface area contributed by atoms with Crippen LogP contribution in [0.25, 0.3) is 21.8 Å². The zero-order chi connectivity index (χ0) is 16.0. The summed E-state index contributed by atoms with van der Waals surface area (Å²) in [7, 11) is 0. The predicted octanol–water partition coefficient (Wildman–Crippen LogP) is 4.23. The molecule has 2 aromatic carbocycles. The average Bonchev–Trinajstić information content (AvgIpc) is 2.84. The van der Waals surface area contributed by atoms with Gasteiger partial charge in [-0.2, -0.15) is 0 Å². The molecule has 0 fully saturated rings. The molecule has 0 saturated carbocycles. The van der Waals surface area contributed by atoms with Crippen LogP contribution >= 0.6 is 23.2 Å². The first-order chi connectivity index (χ1) is 11.1. The average molecular weight is 344 g/mol. The Labute approximate surface area is 141 Å². The van der Waals surface area contributed by atoms with Crippen molar-refractivity contribution in [3.63, 3.8) is 0 Å². The molecule has 0 aliphatic rings. The summed E-state index contributed by atoms with van der Waals surface area (Å²) in [4.78, 5) is 16.9. The molecular formula is C17H11Cl2N3O. The van der Waals surface area contributed by atoms with Crippen molar-refractivity contribution in [2.24, 2.45) is 0 Å². The quantitative estimate of drug-likeness (QED) is 0.592. The number of nitrogens with zero attached hydrogens (tertiary/aromatic N) is 2. The van der Waals surface area contributed by atoms with E-state index in [9.17, 15) is 4.79 Å². The maximum absolute atomic E-state index is 12.6. The summed E-state index contributed by atoms with van der Waals surface area (Å²) < 4.78 is 1.56. The lowest BCUT2D eigenvalue weighted by Gasteiger charge is -2.03. The summed E-state index contributed by atoms with van der Waals surface area (Å²) in [5, 5.41) is 5.36. The van der Waals surface area contributed by atoms with E-state index in [1.54, 1.807) is 23.0 Å². The van der Waals surface area contributed by atoms with Crippen LogP contribution in [0.5, 0.6) is 0 Å². The van der Waals surface area contributed by atoms with Gasteiger partial charge in [0.25, 0.3) is 5.56 Å². The largest absolute Gasteiger partial charge is 0.294 e. The molecule has 6 heteroatoms. The molecule has 0 saturated heterocycles. The van der Waals surface area contributed by atoms with Gasteiger partial charge in [-0.05, 0) is 17.7 Å². The van der Waals surface area contributed by atoms with E-state index >= 15 is 0 Å². The molecule has 0 radical (unpaired) electrons. The second-order valence-electron chi connectivity index (χ2n) is 5.32. The van der Waals surface area contributed by atoms with E-state index in [4.69, 9.17) is 23.2 Å². The van der Waals surface area contributed by atoms with Crippen molar-refractivity contribution in [1.82, 2.24) is 14.8 Å². The Morgan fingerprint density at radius 2 is 1.91 bits per heavy atom. The minimum Gasteiger partial charge on any atom is -0.294 e. The topological polar surface area (TPSA) is 50.7 Å². The molecule has 2 aromatic heterocycles. The number of pyridine rings is 1. The van der Waals surface area contributed by atoms with Crippen molar-refractivity contribution in [2.45, 2.75) is 6.54 Å². The Morgan fingerprint density at radius 3 is 2.70 bits per heavy atom. The molecule has 4 rings (SSSR count). The van der Waals surface area contributed by atoms with Gasteiger partial charge < -0.3 is 0 Å². The van der Waals surface area contributed by atoms with Gasteiger partial charge in [0.15, 0.2) is 0 Å². The van der Waals surface area contributed by atoms with Crippen LogP contribution in [0.4, 0.5) is 0 Å². The van der Waals surface area contributed by atoms with Crippen LogP contribution in [0.3, 0.4) is 0 Å². The van der Waals surface area contributed by atoms with Crippen molar-refractivity contribution >= 4 is 45.0 Å². The van der Waals surface area contributed by atoms with Gasteiger partial charge in [0.05, 0.1) is 28.0 Å².